The van der Waals surface area contributed by atoms with Crippen LogP contribution in [0.4, 0.5) is 0 Å². The highest BCUT2D eigenvalue weighted by molar-refractivity contribution is 9.10. The van der Waals surface area contributed by atoms with Gasteiger partial charge in [-0.05, 0) is 30.0 Å². The Morgan fingerprint density at radius 1 is 1.00 bits per heavy atom. The van der Waals surface area contributed by atoms with Crippen LogP contribution in [0.3, 0.4) is 0 Å². The maximum Gasteiger partial charge on any atom is 0.0352 e. The van der Waals surface area contributed by atoms with Gasteiger partial charge in [-0.1, -0.05) is 51.8 Å². The third-order valence-corrected chi connectivity index (χ3v) is 3.55. The topological polar surface area (TPSA) is 12.9 Å². The van der Waals surface area contributed by atoms with Gasteiger partial charge in [-0.2, -0.15) is 0 Å². The number of halogens is 1. The summed E-state index contributed by atoms with van der Waals surface area (Å²) in [5.41, 5.74) is 3.66. The lowest BCUT2D eigenvalue weighted by molar-refractivity contribution is 1.36. The molecule has 0 aliphatic rings. The summed E-state index contributed by atoms with van der Waals surface area (Å²) in [6, 6.07) is 14.8. The summed E-state index contributed by atoms with van der Waals surface area (Å²) in [7, 11) is 0. The van der Waals surface area contributed by atoms with E-state index >= 15 is 0 Å². The van der Waals surface area contributed by atoms with Crippen molar-refractivity contribution in [3.05, 3.63) is 64.9 Å². The zero-order chi connectivity index (χ0) is 12.5. The predicted molar refractivity (Wildman–Crippen MR) is 79.6 cm³/mol. The summed E-state index contributed by atoms with van der Waals surface area (Å²) in [5, 5.41) is 2.39. The number of rotatable bonds is 1. The lowest BCUT2D eigenvalue weighted by Gasteiger charge is -2.07. The molecule has 88 valence electrons. The molecule has 0 saturated carbocycles. The Kier molecular flexibility index (Phi) is 2.88. The van der Waals surface area contributed by atoms with Crippen LogP contribution < -0.4 is 0 Å². The van der Waals surface area contributed by atoms with Crippen molar-refractivity contribution >= 4 is 26.7 Å². The third kappa shape index (κ3) is 2.04. The monoisotopic (exact) mass is 297 g/mol. The van der Waals surface area contributed by atoms with Crippen LogP contribution in [0.5, 0.6) is 0 Å². The van der Waals surface area contributed by atoms with E-state index in [0.29, 0.717) is 0 Å². The highest BCUT2D eigenvalue weighted by Crippen LogP contribution is 2.30. The molecule has 0 fully saturated rings. The number of nitrogens with zero attached hydrogens (tertiary/aromatic N) is 1. The number of aryl methyl sites for hydroxylation is 1. The first kappa shape index (κ1) is 11.4. The average molecular weight is 298 g/mol. The fourth-order valence-corrected chi connectivity index (χ4v) is 2.54. The van der Waals surface area contributed by atoms with E-state index in [1.165, 1.54) is 22.1 Å². The Balaban J connectivity index is 2.32. The molecule has 0 N–H and O–H groups in total. The van der Waals surface area contributed by atoms with Crippen LogP contribution in [0, 0.1) is 6.92 Å². The summed E-state index contributed by atoms with van der Waals surface area (Å²) < 4.78 is 1.09. The molecule has 0 spiro atoms. The van der Waals surface area contributed by atoms with Gasteiger partial charge in [0.05, 0.1) is 0 Å². The lowest BCUT2D eigenvalue weighted by atomic mass is 10.00. The summed E-state index contributed by atoms with van der Waals surface area (Å²) in [6.07, 6.45) is 3.84. The lowest BCUT2D eigenvalue weighted by Crippen LogP contribution is -1.85. The molecule has 0 aliphatic carbocycles. The molecule has 2 heteroatoms. The zero-order valence-electron chi connectivity index (χ0n) is 10.0. The maximum atomic E-state index is 4.33. The molecule has 1 aromatic heterocycles. The molecule has 0 aliphatic heterocycles. The van der Waals surface area contributed by atoms with E-state index in [9.17, 15) is 0 Å². The van der Waals surface area contributed by atoms with E-state index in [2.05, 4.69) is 64.2 Å². The number of fused-ring (bicyclic) bond motifs is 1. The second-order valence-electron chi connectivity index (χ2n) is 4.42. The molecule has 1 nitrogen and oxygen atoms in total. The Morgan fingerprint density at radius 3 is 2.72 bits per heavy atom. The second-order valence-corrected chi connectivity index (χ2v) is 5.34. The van der Waals surface area contributed by atoms with Gasteiger partial charge in [0.15, 0.2) is 0 Å². The summed E-state index contributed by atoms with van der Waals surface area (Å²) in [5.74, 6) is 0. The van der Waals surface area contributed by atoms with Gasteiger partial charge in [0.1, 0.15) is 0 Å². The van der Waals surface area contributed by atoms with Gasteiger partial charge in [0, 0.05) is 27.8 Å². The number of hydrogen-bond acceptors (Lipinski definition) is 1. The van der Waals surface area contributed by atoms with Crippen molar-refractivity contribution in [3.63, 3.8) is 0 Å². The van der Waals surface area contributed by atoms with Crippen LogP contribution in [-0.4, -0.2) is 4.98 Å². The molecule has 18 heavy (non-hydrogen) atoms. The van der Waals surface area contributed by atoms with Gasteiger partial charge < -0.3 is 0 Å². The van der Waals surface area contributed by atoms with Crippen molar-refractivity contribution in [2.75, 3.05) is 0 Å². The average Bonchev–Trinajstić information content (AvgIpc) is 2.38. The third-order valence-electron chi connectivity index (χ3n) is 3.05. The molecule has 1 heterocycles. The fraction of sp³-hybridized carbons (Fsp3) is 0.0625. The predicted octanol–water partition coefficient (Wildman–Crippen LogP) is 4.97. The Hall–Kier alpha value is -1.67. The van der Waals surface area contributed by atoms with Crippen molar-refractivity contribution in [1.82, 2.24) is 4.98 Å². The van der Waals surface area contributed by atoms with Crippen LogP contribution in [0.25, 0.3) is 21.9 Å². The Labute approximate surface area is 115 Å². The molecular formula is C16H12BrN. The number of pyridine rings is 1. The van der Waals surface area contributed by atoms with Crippen molar-refractivity contribution < 1.29 is 0 Å². The molecule has 0 radical (unpaired) electrons. The molecule has 0 saturated heterocycles. The van der Waals surface area contributed by atoms with E-state index in [1.807, 2.05) is 18.5 Å². The minimum absolute atomic E-state index is 1.09. The minimum Gasteiger partial charge on any atom is -0.263 e. The number of aromatic nitrogens is 1. The van der Waals surface area contributed by atoms with E-state index in [-0.39, 0.29) is 0 Å². The molecule has 0 bridgehead atoms. The highest BCUT2D eigenvalue weighted by atomic mass is 79.9. The van der Waals surface area contributed by atoms with Crippen LogP contribution in [-0.2, 0) is 0 Å². The molecule has 3 rings (SSSR count). The largest absolute Gasteiger partial charge is 0.263 e. The normalized spacial score (nSPS) is 10.8. The van der Waals surface area contributed by atoms with Crippen molar-refractivity contribution in [2.24, 2.45) is 0 Å². The molecule has 3 aromatic rings. The van der Waals surface area contributed by atoms with Gasteiger partial charge in [-0.15, -0.1) is 0 Å². The summed E-state index contributed by atoms with van der Waals surface area (Å²) >= 11 is 3.53. The van der Waals surface area contributed by atoms with Gasteiger partial charge >= 0.3 is 0 Å². The first-order valence-corrected chi connectivity index (χ1v) is 6.64. The quantitative estimate of drug-likeness (QED) is 0.618. The first-order valence-electron chi connectivity index (χ1n) is 5.84. The smallest absolute Gasteiger partial charge is 0.0352 e. The van der Waals surface area contributed by atoms with Crippen molar-refractivity contribution in [3.8, 4) is 11.1 Å². The molecule has 0 amide bonds. The molecule has 0 unspecified atom stereocenters. The number of hydrogen-bond donors (Lipinski definition) is 0. The zero-order valence-corrected chi connectivity index (χ0v) is 11.6. The van der Waals surface area contributed by atoms with E-state index < -0.39 is 0 Å². The SMILES string of the molecule is Cc1cccc(-c2cncc3ccc(Br)cc23)c1. The first-order chi connectivity index (χ1) is 8.74. The van der Waals surface area contributed by atoms with E-state index in [0.717, 1.165) is 9.86 Å². The van der Waals surface area contributed by atoms with E-state index in [1.54, 1.807) is 0 Å². The standard InChI is InChI=1S/C16H12BrN/c1-11-3-2-4-12(7-11)16-10-18-9-13-5-6-14(17)8-15(13)16/h2-10H,1H3. The van der Waals surface area contributed by atoms with E-state index in [4.69, 9.17) is 0 Å². The van der Waals surface area contributed by atoms with Gasteiger partial charge in [0.25, 0.3) is 0 Å². The summed E-state index contributed by atoms with van der Waals surface area (Å²) in [4.78, 5) is 4.33. The van der Waals surface area contributed by atoms with Crippen molar-refractivity contribution in [2.45, 2.75) is 6.92 Å². The molecule has 2 aromatic carbocycles. The molecule has 0 atom stereocenters. The summed E-state index contributed by atoms with van der Waals surface area (Å²) in [6.45, 7) is 2.11. The Bertz CT molecular complexity index is 719. The van der Waals surface area contributed by atoms with Gasteiger partial charge in [0.2, 0.25) is 0 Å². The highest BCUT2D eigenvalue weighted by Gasteiger charge is 2.05. The molecular weight excluding hydrogens is 286 g/mol. The maximum absolute atomic E-state index is 4.33. The van der Waals surface area contributed by atoms with Crippen LogP contribution in [0.1, 0.15) is 5.56 Å². The van der Waals surface area contributed by atoms with Crippen LogP contribution in [0.2, 0.25) is 0 Å². The minimum atomic E-state index is 1.09. The van der Waals surface area contributed by atoms with Crippen LogP contribution >= 0.6 is 15.9 Å². The second kappa shape index (κ2) is 4.54. The number of benzene rings is 2. The van der Waals surface area contributed by atoms with Crippen LogP contribution in [0.15, 0.2) is 59.3 Å². The fourth-order valence-electron chi connectivity index (χ4n) is 2.18. The van der Waals surface area contributed by atoms with Crippen molar-refractivity contribution in [1.29, 1.82) is 0 Å². The van der Waals surface area contributed by atoms with Gasteiger partial charge in [-0.25, -0.2) is 0 Å². The Morgan fingerprint density at radius 2 is 1.89 bits per heavy atom. The van der Waals surface area contributed by atoms with Gasteiger partial charge in [-0.3, -0.25) is 4.98 Å².